The molecule has 0 bridgehead atoms. The summed E-state index contributed by atoms with van der Waals surface area (Å²) in [6, 6.07) is 3.92. The highest BCUT2D eigenvalue weighted by atomic mass is 32.2. The maximum Gasteiger partial charge on any atom is 0.416 e. The Balaban J connectivity index is 1.96. The molecule has 2 heterocycles. The lowest BCUT2D eigenvalue weighted by Gasteiger charge is -2.20. The molecule has 0 radical (unpaired) electrons. The monoisotopic (exact) mass is 304 g/mol. The largest absolute Gasteiger partial charge is 0.416 e. The number of halogens is 3. The van der Waals surface area contributed by atoms with Crippen LogP contribution in [-0.2, 0) is 6.18 Å². The Morgan fingerprint density at radius 3 is 2.84 bits per heavy atom. The van der Waals surface area contributed by atoms with Crippen LogP contribution in [0.15, 0.2) is 18.2 Å². The minimum Gasteiger partial charge on any atom is -0.306 e. The molecule has 7 heteroatoms. The summed E-state index contributed by atoms with van der Waals surface area (Å²) < 4.78 is 38.7. The fourth-order valence-electron chi connectivity index (χ4n) is 1.99. The number of hydrogen-bond acceptors (Lipinski definition) is 4. The van der Waals surface area contributed by atoms with Gasteiger partial charge in [0.15, 0.2) is 0 Å². The van der Waals surface area contributed by atoms with Crippen molar-refractivity contribution >= 4 is 33.3 Å². The van der Waals surface area contributed by atoms with Gasteiger partial charge in [-0.2, -0.15) is 24.9 Å². The predicted octanol–water partition coefficient (Wildman–Crippen LogP) is 3.69. The molecule has 0 spiro atoms. The van der Waals surface area contributed by atoms with Crippen molar-refractivity contribution in [3.05, 3.63) is 28.8 Å². The Kier molecular flexibility index (Phi) is 3.44. The van der Waals surface area contributed by atoms with Gasteiger partial charge in [0.2, 0.25) is 0 Å². The Hall–Kier alpha value is -0.790. The lowest BCUT2D eigenvalue weighted by molar-refractivity contribution is -0.137. The number of benzene rings is 1. The normalized spacial score (nSPS) is 20.9. The van der Waals surface area contributed by atoms with Crippen molar-refractivity contribution in [3.63, 3.8) is 0 Å². The van der Waals surface area contributed by atoms with Crippen molar-refractivity contribution in [2.45, 2.75) is 12.2 Å². The number of nitrogens with one attached hydrogen (secondary N) is 1. The first-order valence-corrected chi connectivity index (χ1v) is 7.80. The average Bonchev–Trinajstić information content (AvgIpc) is 2.81. The summed E-state index contributed by atoms with van der Waals surface area (Å²) in [4.78, 5) is 4.35. The fraction of sp³-hybridized carbons (Fsp3) is 0.417. The molecule has 1 N–H and O–H groups in total. The topological polar surface area (TPSA) is 24.9 Å². The summed E-state index contributed by atoms with van der Waals surface area (Å²) in [5, 5.41) is 4.22. The van der Waals surface area contributed by atoms with E-state index in [9.17, 15) is 13.2 Å². The van der Waals surface area contributed by atoms with E-state index in [1.54, 1.807) is 0 Å². The standard InChI is InChI=1S/C12H11F3N2S2/c13-12(14,15)7-1-2-10-8(5-7)17-11(19-10)9-6-18-4-3-16-9/h1-2,5,9,16H,3-4,6H2. The van der Waals surface area contributed by atoms with Crippen LogP contribution in [0.2, 0.25) is 0 Å². The zero-order valence-corrected chi connectivity index (χ0v) is 11.5. The molecule has 1 aromatic heterocycles. The second-order valence-corrected chi connectivity index (χ2v) is 6.53. The molecule has 19 heavy (non-hydrogen) atoms. The van der Waals surface area contributed by atoms with Crippen LogP contribution in [0.4, 0.5) is 13.2 Å². The highest BCUT2D eigenvalue weighted by molar-refractivity contribution is 7.99. The molecular formula is C12H11F3N2S2. The Morgan fingerprint density at radius 1 is 1.32 bits per heavy atom. The highest BCUT2D eigenvalue weighted by Crippen LogP contribution is 2.34. The first-order chi connectivity index (χ1) is 9.04. The molecule has 0 amide bonds. The maximum atomic E-state index is 12.6. The third-order valence-electron chi connectivity index (χ3n) is 2.95. The number of aromatic nitrogens is 1. The Morgan fingerprint density at radius 2 is 2.16 bits per heavy atom. The van der Waals surface area contributed by atoms with E-state index in [4.69, 9.17) is 0 Å². The summed E-state index contributed by atoms with van der Waals surface area (Å²) in [7, 11) is 0. The van der Waals surface area contributed by atoms with Crippen molar-refractivity contribution in [3.8, 4) is 0 Å². The number of hydrogen-bond donors (Lipinski definition) is 1. The van der Waals surface area contributed by atoms with Crippen LogP contribution in [0.5, 0.6) is 0 Å². The second-order valence-electron chi connectivity index (χ2n) is 4.31. The fourth-order valence-corrected chi connectivity index (χ4v) is 4.06. The predicted molar refractivity (Wildman–Crippen MR) is 72.7 cm³/mol. The summed E-state index contributed by atoms with van der Waals surface area (Å²) in [5.74, 6) is 1.99. The molecule has 1 saturated heterocycles. The van der Waals surface area contributed by atoms with Gasteiger partial charge in [-0.1, -0.05) is 0 Å². The second kappa shape index (κ2) is 4.96. The minimum atomic E-state index is -4.31. The number of thiazole rings is 1. The molecule has 1 unspecified atom stereocenters. The SMILES string of the molecule is FC(F)(F)c1ccc2sc(C3CSCCN3)nc2c1. The number of nitrogens with zero attached hydrogens (tertiary/aromatic N) is 1. The zero-order chi connectivity index (χ0) is 13.5. The van der Waals surface area contributed by atoms with E-state index >= 15 is 0 Å². The van der Waals surface area contributed by atoms with Gasteiger partial charge in [0.05, 0.1) is 21.8 Å². The van der Waals surface area contributed by atoms with Crippen LogP contribution < -0.4 is 5.32 Å². The number of fused-ring (bicyclic) bond motifs is 1. The van der Waals surface area contributed by atoms with Crippen molar-refractivity contribution in [2.24, 2.45) is 0 Å². The van der Waals surface area contributed by atoms with Gasteiger partial charge in [0.25, 0.3) is 0 Å². The molecule has 1 aliphatic heterocycles. The molecule has 2 nitrogen and oxygen atoms in total. The molecule has 1 aromatic carbocycles. The van der Waals surface area contributed by atoms with E-state index < -0.39 is 11.7 Å². The van der Waals surface area contributed by atoms with Gasteiger partial charge < -0.3 is 5.32 Å². The molecule has 0 saturated carbocycles. The quantitative estimate of drug-likeness (QED) is 0.869. The lowest BCUT2D eigenvalue weighted by Crippen LogP contribution is -2.30. The van der Waals surface area contributed by atoms with Gasteiger partial charge in [-0.05, 0) is 18.2 Å². The summed E-state index contributed by atoms with van der Waals surface area (Å²) >= 11 is 3.31. The van der Waals surface area contributed by atoms with Crippen molar-refractivity contribution < 1.29 is 13.2 Å². The first kappa shape index (κ1) is 13.2. The minimum absolute atomic E-state index is 0.158. The van der Waals surface area contributed by atoms with Gasteiger partial charge in [0, 0.05) is 18.1 Å². The number of alkyl halides is 3. The lowest BCUT2D eigenvalue weighted by atomic mass is 10.2. The van der Waals surface area contributed by atoms with Crippen molar-refractivity contribution in [1.29, 1.82) is 0 Å². The smallest absolute Gasteiger partial charge is 0.306 e. The average molecular weight is 304 g/mol. The van der Waals surface area contributed by atoms with E-state index in [0.29, 0.717) is 5.52 Å². The van der Waals surface area contributed by atoms with E-state index in [2.05, 4.69) is 10.3 Å². The molecule has 2 aromatic rings. The molecular weight excluding hydrogens is 293 g/mol. The van der Waals surface area contributed by atoms with E-state index in [1.165, 1.54) is 17.4 Å². The molecule has 0 aliphatic carbocycles. The summed E-state index contributed by atoms with van der Waals surface area (Å²) in [5.41, 5.74) is -0.199. The first-order valence-electron chi connectivity index (χ1n) is 5.83. The number of rotatable bonds is 1. The van der Waals surface area contributed by atoms with Gasteiger partial charge in [0.1, 0.15) is 5.01 Å². The molecule has 3 rings (SSSR count). The Labute approximate surface area is 116 Å². The van der Waals surface area contributed by atoms with E-state index in [0.717, 1.165) is 39.9 Å². The van der Waals surface area contributed by atoms with Crippen LogP contribution in [0, 0.1) is 0 Å². The third kappa shape index (κ3) is 2.73. The summed E-state index contributed by atoms with van der Waals surface area (Å²) in [6.45, 7) is 0.916. The third-order valence-corrected chi connectivity index (χ3v) is 5.16. The van der Waals surface area contributed by atoms with Gasteiger partial charge >= 0.3 is 6.18 Å². The number of thioether (sulfide) groups is 1. The highest BCUT2D eigenvalue weighted by Gasteiger charge is 2.31. The molecule has 1 aliphatic rings. The van der Waals surface area contributed by atoms with Gasteiger partial charge in [-0.15, -0.1) is 11.3 Å². The van der Waals surface area contributed by atoms with E-state index in [1.807, 2.05) is 11.8 Å². The van der Waals surface area contributed by atoms with Crippen LogP contribution >= 0.6 is 23.1 Å². The van der Waals surface area contributed by atoms with Crippen LogP contribution in [-0.4, -0.2) is 23.0 Å². The zero-order valence-electron chi connectivity index (χ0n) is 9.83. The van der Waals surface area contributed by atoms with Crippen molar-refractivity contribution in [1.82, 2.24) is 10.3 Å². The Bertz CT molecular complexity index is 588. The van der Waals surface area contributed by atoms with E-state index in [-0.39, 0.29) is 6.04 Å². The van der Waals surface area contributed by atoms with Crippen LogP contribution in [0.25, 0.3) is 10.2 Å². The molecule has 1 atom stereocenters. The van der Waals surface area contributed by atoms with Gasteiger partial charge in [-0.25, -0.2) is 4.98 Å². The van der Waals surface area contributed by atoms with Gasteiger partial charge in [-0.3, -0.25) is 0 Å². The molecule has 1 fully saturated rings. The molecule has 102 valence electrons. The maximum absolute atomic E-state index is 12.6. The summed E-state index contributed by atoms with van der Waals surface area (Å²) in [6.07, 6.45) is -4.31. The van der Waals surface area contributed by atoms with Crippen LogP contribution in [0.1, 0.15) is 16.6 Å². The van der Waals surface area contributed by atoms with Crippen molar-refractivity contribution in [2.75, 3.05) is 18.1 Å². The van der Waals surface area contributed by atoms with Crippen LogP contribution in [0.3, 0.4) is 0 Å².